The minimum absolute atomic E-state index is 0.0577. The average molecular weight is 495 g/mol. The molecule has 0 saturated carbocycles. The fourth-order valence-electron chi connectivity index (χ4n) is 3.62. The number of methoxy groups -OCH3 is 1. The number of nitrogen functional groups attached to an aromatic ring is 1. The summed E-state index contributed by atoms with van der Waals surface area (Å²) < 4.78 is 37.2. The van der Waals surface area contributed by atoms with Gasteiger partial charge in [0.05, 0.1) is 7.11 Å². The van der Waals surface area contributed by atoms with Crippen molar-refractivity contribution in [3.05, 3.63) is 93.9 Å². The van der Waals surface area contributed by atoms with E-state index in [0.29, 0.717) is 29.1 Å². The number of amidine groups is 1. The van der Waals surface area contributed by atoms with Crippen LogP contribution >= 0.6 is 0 Å². The van der Waals surface area contributed by atoms with E-state index < -0.39 is 24.6 Å². The summed E-state index contributed by atoms with van der Waals surface area (Å²) in [6, 6.07) is 13.5. The van der Waals surface area contributed by atoms with Crippen LogP contribution in [0.5, 0.6) is 11.5 Å². The number of alkyl halides is 2. The largest absolute Gasteiger partial charge is 0.497 e. The summed E-state index contributed by atoms with van der Waals surface area (Å²) in [4.78, 5) is 23.6. The summed E-state index contributed by atoms with van der Waals surface area (Å²) in [5, 5.41) is 12.0. The van der Waals surface area contributed by atoms with E-state index in [9.17, 15) is 13.6 Å². The van der Waals surface area contributed by atoms with Crippen molar-refractivity contribution in [2.24, 2.45) is 5.73 Å². The molecule has 0 aliphatic heterocycles. The molecule has 0 bridgehead atoms. The lowest BCUT2D eigenvalue weighted by atomic mass is 9.90. The molecular weight excluding hydrogens is 472 g/mol. The zero-order valence-electron chi connectivity index (χ0n) is 19.2. The van der Waals surface area contributed by atoms with Gasteiger partial charge in [-0.1, -0.05) is 24.3 Å². The molecule has 0 fully saturated rings. The van der Waals surface area contributed by atoms with Gasteiger partial charge in [0, 0.05) is 29.9 Å². The highest BCUT2D eigenvalue weighted by Crippen LogP contribution is 2.32. The summed E-state index contributed by atoms with van der Waals surface area (Å²) in [6.45, 7) is -0.777. The number of hydrogen-bond donors (Lipinski definition) is 3. The molecule has 2 aromatic carbocycles. The Kier molecular flexibility index (Phi) is 7.33. The van der Waals surface area contributed by atoms with Crippen molar-refractivity contribution >= 4 is 5.84 Å². The lowest BCUT2D eigenvalue weighted by Crippen LogP contribution is -2.18. The maximum absolute atomic E-state index is 12.8. The number of hydrogen-bond acceptors (Lipinski definition) is 7. The Morgan fingerprint density at radius 3 is 2.47 bits per heavy atom. The van der Waals surface area contributed by atoms with Gasteiger partial charge in [-0.15, -0.1) is 9.78 Å². The van der Waals surface area contributed by atoms with E-state index in [4.69, 9.17) is 20.6 Å². The van der Waals surface area contributed by atoms with Crippen molar-refractivity contribution in [1.29, 1.82) is 5.41 Å². The quantitative estimate of drug-likeness (QED) is 0.227. The number of benzene rings is 2. The molecule has 186 valence electrons. The number of nitrogens with two attached hydrogens (primary N) is 1. The van der Waals surface area contributed by atoms with Gasteiger partial charge in [0.1, 0.15) is 29.8 Å². The molecular formula is C24H23F2N7O3. The molecule has 4 rings (SSSR count). The minimum Gasteiger partial charge on any atom is -0.497 e. The molecule has 12 heteroatoms. The summed E-state index contributed by atoms with van der Waals surface area (Å²) >= 11 is 0. The van der Waals surface area contributed by atoms with Crippen molar-refractivity contribution in [2.75, 3.05) is 13.7 Å². The SMILES string of the molecule is COc1cc(OCC(F)F)cc(C(Cc2ccc(C(=N)N)cc2)c2nn(-c3ncccn3)c(=O)[nH]2)c1. The van der Waals surface area contributed by atoms with Gasteiger partial charge >= 0.3 is 5.69 Å². The first-order valence-electron chi connectivity index (χ1n) is 10.8. The zero-order chi connectivity index (χ0) is 25.7. The first kappa shape index (κ1) is 24.5. The third kappa shape index (κ3) is 5.71. The average Bonchev–Trinajstić information content (AvgIpc) is 3.27. The van der Waals surface area contributed by atoms with Crippen LogP contribution in [0, 0.1) is 5.41 Å². The van der Waals surface area contributed by atoms with E-state index in [1.165, 1.54) is 25.6 Å². The lowest BCUT2D eigenvalue weighted by molar-refractivity contribution is 0.0817. The first-order valence-corrected chi connectivity index (χ1v) is 10.8. The highest BCUT2D eigenvalue weighted by molar-refractivity contribution is 5.94. The smallest absolute Gasteiger partial charge is 0.350 e. The van der Waals surface area contributed by atoms with Gasteiger partial charge < -0.3 is 15.2 Å². The van der Waals surface area contributed by atoms with E-state index in [1.807, 2.05) is 12.1 Å². The van der Waals surface area contributed by atoms with Crippen LogP contribution in [0.2, 0.25) is 0 Å². The van der Waals surface area contributed by atoms with Gasteiger partial charge in [-0.25, -0.2) is 23.5 Å². The predicted molar refractivity (Wildman–Crippen MR) is 127 cm³/mol. The van der Waals surface area contributed by atoms with E-state index >= 15 is 0 Å². The number of aromatic nitrogens is 5. The van der Waals surface area contributed by atoms with Gasteiger partial charge in [0.25, 0.3) is 12.4 Å². The van der Waals surface area contributed by atoms with Gasteiger partial charge in [0.15, 0.2) is 0 Å². The molecule has 0 spiro atoms. The van der Waals surface area contributed by atoms with Crippen molar-refractivity contribution in [1.82, 2.24) is 24.7 Å². The van der Waals surface area contributed by atoms with Crippen LogP contribution in [-0.4, -0.2) is 50.7 Å². The Morgan fingerprint density at radius 1 is 1.14 bits per heavy atom. The van der Waals surface area contributed by atoms with Crippen LogP contribution in [0.15, 0.2) is 65.7 Å². The number of H-pyrrole nitrogens is 1. The van der Waals surface area contributed by atoms with Crippen molar-refractivity contribution in [3.63, 3.8) is 0 Å². The van der Waals surface area contributed by atoms with Gasteiger partial charge in [0.2, 0.25) is 0 Å². The molecule has 10 nitrogen and oxygen atoms in total. The fourth-order valence-corrected chi connectivity index (χ4v) is 3.62. The molecule has 1 atom stereocenters. The van der Waals surface area contributed by atoms with Crippen LogP contribution in [0.25, 0.3) is 5.95 Å². The van der Waals surface area contributed by atoms with Crippen molar-refractivity contribution in [2.45, 2.75) is 18.8 Å². The Labute approximate surface area is 204 Å². The van der Waals surface area contributed by atoms with E-state index in [1.54, 1.807) is 30.3 Å². The second-order valence-electron chi connectivity index (χ2n) is 7.79. The summed E-state index contributed by atoms with van der Waals surface area (Å²) in [7, 11) is 1.45. The Balaban J connectivity index is 1.78. The Bertz CT molecular complexity index is 1390. The standard InChI is InChI=1S/C24H23F2N7O3/c1-35-17-10-16(11-18(12-17)36-13-20(25)26)19(9-14-3-5-15(6-4-14)21(27)28)22-31-24(34)33(32-22)23-29-7-2-8-30-23/h2-8,10-12,19-20H,9,13H2,1H3,(H3,27,28)(H,31,32,34). The number of rotatable bonds is 10. The third-order valence-electron chi connectivity index (χ3n) is 5.33. The maximum Gasteiger partial charge on any atom is 0.350 e. The van der Waals surface area contributed by atoms with Crippen LogP contribution in [0.4, 0.5) is 8.78 Å². The fraction of sp³-hybridized carbons (Fsp3) is 0.208. The normalized spacial score (nSPS) is 11.9. The zero-order valence-corrected chi connectivity index (χ0v) is 19.2. The molecule has 0 amide bonds. The lowest BCUT2D eigenvalue weighted by Gasteiger charge is -2.18. The molecule has 0 saturated heterocycles. The second kappa shape index (κ2) is 10.8. The molecule has 0 radical (unpaired) electrons. The van der Waals surface area contributed by atoms with Gasteiger partial charge in [-0.2, -0.15) is 0 Å². The number of ether oxygens (including phenoxy) is 2. The molecule has 2 heterocycles. The minimum atomic E-state index is -2.65. The topological polar surface area (TPSA) is 145 Å². The molecule has 0 aliphatic rings. The van der Waals surface area contributed by atoms with Crippen LogP contribution in [0.3, 0.4) is 0 Å². The van der Waals surface area contributed by atoms with Gasteiger partial charge in [-0.3, -0.25) is 10.4 Å². The van der Waals surface area contributed by atoms with Crippen LogP contribution in [-0.2, 0) is 6.42 Å². The van der Waals surface area contributed by atoms with Crippen molar-refractivity contribution in [3.8, 4) is 17.4 Å². The van der Waals surface area contributed by atoms with E-state index in [0.717, 1.165) is 10.2 Å². The van der Waals surface area contributed by atoms with E-state index in [-0.39, 0.29) is 17.5 Å². The summed E-state index contributed by atoms with van der Waals surface area (Å²) in [6.07, 6.45) is 0.702. The Morgan fingerprint density at radius 2 is 1.83 bits per heavy atom. The highest BCUT2D eigenvalue weighted by atomic mass is 19.3. The summed E-state index contributed by atoms with van der Waals surface area (Å²) in [5.74, 6) is 0.390. The number of nitrogens with zero attached hydrogens (tertiary/aromatic N) is 4. The predicted octanol–water partition coefficient (Wildman–Crippen LogP) is 2.66. The molecule has 1 unspecified atom stereocenters. The highest BCUT2D eigenvalue weighted by Gasteiger charge is 2.23. The van der Waals surface area contributed by atoms with Gasteiger partial charge in [-0.05, 0) is 35.7 Å². The maximum atomic E-state index is 12.8. The first-order chi connectivity index (χ1) is 17.3. The Hall–Kier alpha value is -4.61. The number of halogens is 2. The monoisotopic (exact) mass is 495 g/mol. The molecule has 4 N–H and O–H groups in total. The van der Waals surface area contributed by atoms with Crippen LogP contribution in [0.1, 0.15) is 28.4 Å². The number of aromatic amines is 1. The number of nitrogens with one attached hydrogen (secondary N) is 2. The molecule has 36 heavy (non-hydrogen) atoms. The van der Waals surface area contributed by atoms with E-state index in [2.05, 4.69) is 20.1 Å². The molecule has 2 aromatic heterocycles. The molecule has 0 aliphatic carbocycles. The second-order valence-corrected chi connectivity index (χ2v) is 7.79. The molecule has 4 aromatic rings. The van der Waals surface area contributed by atoms with Crippen molar-refractivity contribution < 1.29 is 18.3 Å². The third-order valence-corrected chi connectivity index (χ3v) is 5.33. The van der Waals surface area contributed by atoms with Crippen LogP contribution < -0.4 is 20.9 Å². The summed E-state index contributed by atoms with van der Waals surface area (Å²) in [5.41, 5.74) is 7.06.